The van der Waals surface area contributed by atoms with Crippen LogP contribution < -0.4 is 0 Å². The Bertz CT molecular complexity index is 919. The summed E-state index contributed by atoms with van der Waals surface area (Å²) in [7, 11) is 0. The van der Waals surface area contributed by atoms with E-state index < -0.39 is 5.92 Å². The summed E-state index contributed by atoms with van der Waals surface area (Å²) in [6, 6.07) is 23.6. The summed E-state index contributed by atoms with van der Waals surface area (Å²) in [5, 5.41) is 8.10. The third kappa shape index (κ3) is 3.94. The first-order valence-electron chi connectivity index (χ1n) is 8.56. The van der Waals surface area contributed by atoms with Crippen molar-refractivity contribution >= 4 is 11.5 Å². The van der Waals surface area contributed by atoms with Crippen molar-refractivity contribution in [2.45, 2.75) is 19.3 Å². The number of halogens is 1. The molecule has 0 aliphatic heterocycles. The van der Waals surface area contributed by atoms with Crippen molar-refractivity contribution in [1.29, 1.82) is 5.41 Å². The molecule has 130 valence electrons. The number of rotatable bonds is 6. The van der Waals surface area contributed by atoms with Gasteiger partial charge >= 0.3 is 0 Å². The normalized spacial score (nSPS) is 11.8. The number of hydrogen-bond donors (Lipinski definition) is 1. The highest BCUT2D eigenvalue weighted by atomic mass is 19.1. The van der Waals surface area contributed by atoms with Crippen LogP contribution in [0.25, 0.3) is 11.1 Å². The predicted molar refractivity (Wildman–Crippen MR) is 103 cm³/mol. The second-order valence-electron chi connectivity index (χ2n) is 6.33. The van der Waals surface area contributed by atoms with Crippen molar-refractivity contribution in [1.82, 2.24) is 0 Å². The predicted octanol–water partition coefficient (Wildman–Crippen LogP) is 5.43. The Morgan fingerprint density at radius 3 is 2.19 bits per heavy atom. The highest BCUT2D eigenvalue weighted by Crippen LogP contribution is 2.27. The minimum absolute atomic E-state index is 0.0382. The average Bonchev–Trinajstić information content (AvgIpc) is 2.68. The lowest BCUT2D eigenvalue weighted by Crippen LogP contribution is -2.21. The maximum absolute atomic E-state index is 14.5. The summed E-state index contributed by atoms with van der Waals surface area (Å²) >= 11 is 0. The van der Waals surface area contributed by atoms with Crippen LogP contribution in [0.1, 0.15) is 24.0 Å². The smallest absolute Gasteiger partial charge is 0.183 e. The number of ketones is 1. The van der Waals surface area contributed by atoms with Crippen LogP contribution >= 0.6 is 0 Å². The lowest BCUT2D eigenvalue weighted by Gasteiger charge is -2.13. The van der Waals surface area contributed by atoms with Crippen molar-refractivity contribution in [3.63, 3.8) is 0 Å². The number of nitrogens with one attached hydrogen (secondary N) is 1. The Morgan fingerprint density at radius 2 is 1.58 bits per heavy atom. The van der Waals surface area contributed by atoms with Gasteiger partial charge in [-0.3, -0.25) is 4.79 Å². The Morgan fingerprint density at radius 1 is 0.962 bits per heavy atom. The number of carbonyl (C=O) groups is 1. The lowest BCUT2D eigenvalue weighted by atomic mass is 9.90. The molecule has 2 nitrogen and oxygen atoms in total. The van der Waals surface area contributed by atoms with Crippen molar-refractivity contribution in [2.24, 2.45) is 0 Å². The SMILES string of the molecule is C[C@@H](C(=O)C(=N)Cc1ccccc1)c1ccc(-c2ccccc2)c(F)c1. The van der Waals surface area contributed by atoms with Crippen molar-refractivity contribution < 1.29 is 9.18 Å². The van der Waals surface area contributed by atoms with Gasteiger partial charge in [-0.2, -0.15) is 0 Å². The van der Waals surface area contributed by atoms with Gasteiger partial charge in [0.25, 0.3) is 0 Å². The zero-order chi connectivity index (χ0) is 18.5. The monoisotopic (exact) mass is 345 g/mol. The van der Waals surface area contributed by atoms with Gasteiger partial charge in [-0.25, -0.2) is 4.39 Å². The van der Waals surface area contributed by atoms with Crippen LogP contribution in [0, 0.1) is 11.2 Å². The number of hydrogen-bond acceptors (Lipinski definition) is 2. The molecule has 26 heavy (non-hydrogen) atoms. The van der Waals surface area contributed by atoms with Crippen LogP contribution in [0.4, 0.5) is 4.39 Å². The third-order valence-electron chi connectivity index (χ3n) is 4.49. The van der Waals surface area contributed by atoms with Gasteiger partial charge in [0.1, 0.15) is 5.82 Å². The summed E-state index contributed by atoms with van der Waals surface area (Å²) in [4.78, 5) is 12.6. The molecular weight excluding hydrogens is 325 g/mol. The molecule has 0 heterocycles. The molecule has 0 bridgehead atoms. The molecule has 0 unspecified atom stereocenters. The van der Waals surface area contributed by atoms with E-state index in [-0.39, 0.29) is 23.7 Å². The number of Topliss-reactive ketones (excluding diaryl/α,β-unsaturated/α-hetero) is 1. The summed E-state index contributed by atoms with van der Waals surface area (Å²) in [6.45, 7) is 1.72. The van der Waals surface area contributed by atoms with E-state index in [4.69, 9.17) is 5.41 Å². The van der Waals surface area contributed by atoms with E-state index in [2.05, 4.69) is 0 Å². The van der Waals surface area contributed by atoms with Crippen LogP contribution in [-0.2, 0) is 11.2 Å². The third-order valence-corrected chi connectivity index (χ3v) is 4.49. The quantitative estimate of drug-likeness (QED) is 0.595. The van der Waals surface area contributed by atoms with Gasteiger partial charge in [0.15, 0.2) is 5.78 Å². The van der Waals surface area contributed by atoms with E-state index in [1.807, 2.05) is 60.7 Å². The molecular formula is C23H20FNO. The van der Waals surface area contributed by atoms with Crippen LogP contribution in [0.3, 0.4) is 0 Å². The van der Waals surface area contributed by atoms with Crippen molar-refractivity contribution in [3.8, 4) is 11.1 Å². The van der Waals surface area contributed by atoms with E-state index in [0.717, 1.165) is 11.1 Å². The molecule has 1 atom stereocenters. The average molecular weight is 345 g/mol. The molecule has 0 fully saturated rings. The highest BCUT2D eigenvalue weighted by molar-refractivity contribution is 6.40. The fourth-order valence-corrected chi connectivity index (χ4v) is 2.95. The molecule has 0 aliphatic rings. The molecule has 3 rings (SSSR count). The summed E-state index contributed by atoms with van der Waals surface area (Å²) in [5.74, 6) is -1.19. The maximum Gasteiger partial charge on any atom is 0.183 e. The molecule has 0 aliphatic carbocycles. The van der Waals surface area contributed by atoms with Crippen molar-refractivity contribution in [3.05, 3.63) is 95.8 Å². The molecule has 0 amide bonds. The molecule has 0 spiro atoms. The number of benzene rings is 3. The molecule has 0 saturated heterocycles. The van der Waals surface area contributed by atoms with Gasteiger partial charge in [0.05, 0.1) is 5.71 Å². The Kier molecular flexibility index (Phi) is 5.37. The first-order chi connectivity index (χ1) is 12.6. The maximum atomic E-state index is 14.5. The second kappa shape index (κ2) is 7.87. The van der Waals surface area contributed by atoms with Crippen LogP contribution in [0.5, 0.6) is 0 Å². The van der Waals surface area contributed by atoms with Gasteiger partial charge in [0, 0.05) is 17.9 Å². The van der Waals surface area contributed by atoms with Gasteiger partial charge in [-0.15, -0.1) is 0 Å². The number of carbonyl (C=O) groups excluding carboxylic acids is 1. The molecule has 1 N–H and O–H groups in total. The Hall–Kier alpha value is -3.07. The van der Waals surface area contributed by atoms with Gasteiger partial charge in [0.2, 0.25) is 0 Å². The fraction of sp³-hybridized carbons (Fsp3) is 0.130. The van der Waals surface area contributed by atoms with Gasteiger partial charge < -0.3 is 5.41 Å². The van der Waals surface area contributed by atoms with Crippen LogP contribution in [-0.4, -0.2) is 11.5 Å². The zero-order valence-corrected chi connectivity index (χ0v) is 14.6. The van der Waals surface area contributed by atoms with Crippen LogP contribution in [0.2, 0.25) is 0 Å². The van der Waals surface area contributed by atoms with Crippen LogP contribution in [0.15, 0.2) is 78.9 Å². The molecule has 3 heteroatoms. The van der Waals surface area contributed by atoms with Gasteiger partial charge in [-0.05, 0) is 22.8 Å². The fourth-order valence-electron chi connectivity index (χ4n) is 2.95. The Labute approximate surface area is 152 Å². The van der Waals surface area contributed by atoms with Gasteiger partial charge in [-0.1, -0.05) is 79.7 Å². The van der Waals surface area contributed by atoms with E-state index in [1.54, 1.807) is 19.1 Å². The summed E-state index contributed by atoms with van der Waals surface area (Å²) in [6.07, 6.45) is 0.286. The topological polar surface area (TPSA) is 40.9 Å². The molecule has 0 aromatic heterocycles. The minimum Gasteiger partial charge on any atom is -0.301 e. The summed E-state index contributed by atoms with van der Waals surface area (Å²) in [5.41, 5.74) is 2.85. The largest absolute Gasteiger partial charge is 0.301 e. The highest BCUT2D eigenvalue weighted by Gasteiger charge is 2.21. The Balaban J connectivity index is 1.77. The van der Waals surface area contributed by atoms with E-state index in [9.17, 15) is 9.18 Å². The second-order valence-corrected chi connectivity index (χ2v) is 6.33. The standard InChI is InChI=1S/C23H20FNO/c1-16(23(26)22(25)14-17-8-4-2-5-9-17)19-12-13-20(21(24)15-19)18-10-6-3-7-11-18/h2-13,15-16,25H,14H2,1H3/t16-/m1/s1. The first kappa shape index (κ1) is 17.7. The molecule has 3 aromatic carbocycles. The molecule has 0 saturated carbocycles. The van der Waals surface area contributed by atoms with E-state index in [1.165, 1.54) is 6.07 Å². The van der Waals surface area contributed by atoms with Crippen molar-refractivity contribution in [2.75, 3.05) is 0 Å². The minimum atomic E-state index is -0.550. The zero-order valence-electron chi connectivity index (χ0n) is 14.6. The molecule has 3 aromatic rings. The first-order valence-corrected chi connectivity index (χ1v) is 8.56. The lowest BCUT2D eigenvalue weighted by molar-refractivity contribution is -0.114. The molecule has 0 radical (unpaired) electrons. The summed E-state index contributed by atoms with van der Waals surface area (Å²) < 4.78 is 14.5. The van der Waals surface area contributed by atoms with E-state index >= 15 is 0 Å². The van der Waals surface area contributed by atoms with E-state index in [0.29, 0.717) is 11.1 Å².